The molecule has 140 valence electrons. The maximum Gasteiger partial charge on any atom is 0.246 e. The Morgan fingerprint density at radius 3 is 2.38 bits per heavy atom. The fraction of sp³-hybridized carbons (Fsp3) is 0.333. The summed E-state index contributed by atoms with van der Waals surface area (Å²) in [4.78, 5) is 0.287. The molecule has 1 saturated heterocycles. The molecule has 1 atom stereocenters. The Labute approximate surface area is 154 Å². The van der Waals surface area contributed by atoms with Gasteiger partial charge in [0.05, 0.1) is 17.3 Å². The average Bonchev–Trinajstić information content (AvgIpc) is 3.14. The number of ether oxygens (including phenoxy) is 1. The lowest BCUT2D eigenvalue weighted by atomic mass is 10.2. The molecule has 1 unspecified atom stereocenters. The summed E-state index contributed by atoms with van der Waals surface area (Å²) >= 11 is 0. The Morgan fingerprint density at radius 1 is 1.04 bits per heavy atom. The lowest BCUT2D eigenvalue weighted by molar-refractivity contribution is 0.398. The summed E-state index contributed by atoms with van der Waals surface area (Å²) in [6, 6.07) is 13.1. The van der Waals surface area contributed by atoms with Crippen LogP contribution < -0.4 is 4.74 Å². The zero-order valence-corrected chi connectivity index (χ0v) is 16.3. The molecule has 1 aliphatic rings. The maximum absolute atomic E-state index is 13.0. The summed E-state index contributed by atoms with van der Waals surface area (Å²) < 4.78 is 58.0. The SMILES string of the molecule is COc1ccc(C)cc1S(=O)(=O)N1CCC(S(=O)(=O)c2ccccc2)C1. The van der Waals surface area contributed by atoms with Crippen LogP contribution in [-0.4, -0.2) is 46.6 Å². The molecule has 26 heavy (non-hydrogen) atoms. The highest BCUT2D eigenvalue weighted by molar-refractivity contribution is 7.92. The molecule has 1 fully saturated rings. The van der Waals surface area contributed by atoms with Gasteiger partial charge in [0.2, 0.25) is 10.0 Å². The second-order valence-corrected chi connectivity index (χ2v) is 10.4. The van der Waals surface area contributed by atoms with Crippen LogP contribution in [0.15, 0.2) is 58.3 Å². The third-order valence-electron chi connectivity index (χ3n) is 4.56. The molecule has 1 aliphatic heterocycles. The highest BCUT2D eigenvalue weighted by Crippen LogP contribution is 2.32. The molecular formula is C18H21NO5S2. The lowest BCUT2D eigenvalue weighted by Gasteiger charge is -2.19. The molecule has 8 heteroatoms. The van der Waals surface area contributed by atoms with Gasteiger partial charge in [-0.25, -0.2) is 16.8 Å². The van der Waals surface area contributed by atoms with Crippen molar-refractivity contribution in [2.75, 3.05) is 20.2 Å². The van der Waals surface area contributed by atoms with Gasteiger partial charge >= 0.3 is 0 Å². The molecule has 0 bridgehead atoms. The molecule has 0 aliphatic carbocycles. The molecule has 0 saturated carbocycles. The van der Waals surface area contributed by atoms with Crippen molar-refractivity contribution < 1.29 is 21.6 Å². The Morgan fingerprint density at radius 2 is 1.73 bits per heavy atom. The third-order valence-corrected chi connectivity index (χ3v) is 8.63. The van der Waals surface area contributed by atoms with Crippen molar-refractivity contribution in [1.29, 1.82) is 0 Å². The second-order valence-electron chi connectivity index (χ2n) is 6.29. The van der Waals surface area contributed by atoms with Crippen LogP contribution in [0.3, 0.4) is 0 Å². The van der Waals surface area contributed by atoms with Gasteiger partial charge in [-0.05, 0) is 43.2 Å². The topological polar surface area (TPSA) is 80.8 Å². The number of sulfonamides is 1. The molecule has 0 amide bonds. The number of methoxy groups -OCH3 is 1. The monoisotopic (exact) mass is 395 g/mol. The first-order valence-electron chi connectivity index (χ1n) is 8.20. The number of hydrogen-bond donors (Lipinski definition) is 0. The van der Waals surface area contributed by atoms with E-state index >= 15 is 0 Å². The highest BCUT2D eigenvalue weighted by atomic mass is 32.2. The van der Waals surface area contributed by atoms with E-state index in [-0.39, 0.29) is 35.1 Å². The summed E-state index contributed by atoms with van der Waals surface area (Å²) in [6.45, 7) is 1.90. The minimum absolute atomic E-state index is 0.0589. The van der Waals surface area contributed by atoms with Crippen molar-refractivity contribution >= 4 is 19.9 Å². The van der Waals surface area contributed by atoms with E-state index in [4.69, 9.17) is 4.74 Å². The van der Waals surface area contributed by atoms with Gasteiger partial charge < -0.3 is 4.74 Å². The molecule has 3 rings (SSSR count). The minimum atomic E-state index is -3.84. The van der Waals surface area contributed by atoms with E-state index in [9.17, 15) is 16.8 Å². The Kier molecular flexibility index (Phi) is 5.09. The van der Waals surface area contributed by atoms with Crippen molar-refractivity contribution in [1.82, 2.24) is 4.31 Å². The van der Waals surface area contributed by atoms with Crippen LogP contribution in [0.25, 0.3) is 0 Å². The van der Waals surface area contributed by atoms with E-state index in [0.29, 0.717) is 0 Å². The van der Waals surface area contributed by atoms with Crippen LogP contribution in [0.5, 0.6) is 5.75 Å². The molecule has 0 spiro atoms. The summed E-state index contributed by atoms with van der Waals surface area (Å²) in [5, 5.41) is -0.754. The number of hydrogen-bond acceptors (Lipinski definition) is 5. The summed E-state index contributed by atoms with van der Waals surface area (Å²) in [6.07, 6.45) is 0.268. The molecule has 2 aromatic carbocycles. The van der Waals surface area contributed by atoms with E-state index in [0.717, 1.165) is 5.56 Å². The average molecular weight is 396 g/mol. The summed E-state index contributed by atoms with van der Waals surface area (Å²) in [5.74, 6) is 0.255. The molecule has 2 aromatic rings. The van der Waals surface area contributed by atoms with Crippen molar-refractivity contribution in [2.24, 2.45) is 0 Å². The van der Waals surface area contributed by atoms with Gasteiger partial charge in [0.15, 0.2) is 9.84 Å². The molecule has 0 radical (unpaired) electrons. The van der Waals surface area contributed by atoms with Crippen LogP contribution >= 0.6 is 0 Å². The first-order valence-corrected chi connectivity index (χ1v) is 11.2. The van der Waals surface area contributed by atoms with Crippen LogP contribution in [0.1, 0.15) is 12.0 Å². The molecule has 0 N–H and O–H groups in total. The first kappa shape index (κ1) is 18.9. The number of benzene rings is 2. The van der Waals surface area contributed by atoms with Crippen molar-refractivity contribution in [2.45, 2.75) is 28.4 Å². The standard InChI is InChI=1S/C18H21NO5S2/c1-14-8-9-17(24-2)18(12-14)26(22,23)19-11-10-16(13-19)25(20,21)15-6-4-3-5-7-15/h3-9,12,16H,10-11,13H2,1-2H3. The summed E-state index contributed by atoms with van der Waals surface area (Å²) in [7, 11) is -6.00. The number of rotatable bonds is 5. The smallest absolute Gasteiger partial charge is 0.246 e. The number of aryl methyl sites for hydroxylation is 1. The van der Waals surface area contributed by atoms with Crippen LogP contribution in [0.2, 0.25) is 0 Å². The predicted molar refractivity (Wildman–Crippen MR) is 98.5 cm³/mol. The fourth-order valence-electron chi connectivity index (χ4n) is 3.10. The minimum Gasteiger partial charge on any atom is -0.495 e. The summed E-state index contributed by atoms with van der Waals surface area (Å²) in [5.41, 5.74) is 0.789. The number of nitrogens with zero attached hydrogens (tertiary/aromatic N) is 1. The van der Waals surface area contributed by atoms with Gasteiger partial charge in [-0.15, -0.1) is 0 Å². The fourth-order valence-corrected chi connectivity index (χ4v) is 6.64. The van der Waals surface area contributed by atoms with E-state index in [1.165, 1.54) is 23.5 Å². The second kappa shape index (κ2) is 7.02. The van der Waals surface area contributed by atoms with E-state index < -0.39 is 25.1 Å². The Hall–Kier alpha value is -1.90. The zero-order valence-electron chi connectivity index (χ0n) is 14.6. The highest BCUT2D eigenvalue weighted by Gasteiger charge is 2.40. The first-order chi connectivity index (χ1) is 12.3. The molecule has 1 heterocycles. The third kappa shape index (κ3) is 3.36. The van der Waals surface area contributed by atoms with Crippen LogP contribution in [0, 0.1) is 6.92 Å². The van der Waals surface area contributed by atoms with Gasteiger partial charge in [0.25, 0.3) is 0 Å². The van der Waals surface area contributed by atoms with E-state index in [1.807, 2.05) is 0 Å². The number of sulfone groups is 1. The largest absolute Gasteiger partial charge is 0.495 e. The lowest BCUT2D eigenvalue weighted by Crippen LogP contribution is -2.32. The van der Waals surface area contributed by atoms with Crippen LogP contribution in [-0.2, 0) is 19.9 Å². The van der Waals surface area contributed by atoms with Gasteiger partial charge in [0, 0.05) is 13.1 Å². The normalized spacial score (nSPS) is 18.8. The Bertz CT molecular complexity index is 1000. The van der Waals surface area contributed by atoms with Gasteiger partial charge in [-0.2, -0.15) is 4.31 Å². The van der Waals surface area contributed by atoms with E-state index in [2.05, 4.69) is 0 Å². The van der Waals surface area contributed by atoms with Gasteiger partial charge in [0.1, 0.15) is 10.6 Å². The molecule has 6 nitrogen and oxygen atoms in total. The quantitative estimate of drug-likeness (QED) is 0.776. The Balaban J connectivity index is 1.90. The molecule has 0 aromatic heterocycles. The van der Waals surface area contributed by atoms with Gasteiger partial charge in [-0.1, -0.05) is 24.3 Å². The predicted octanol–water partition coefficient (Wildman–Crippen LogP) is 2.24. The van der Waals surface area contributed by atoms with Crippen molar-refractivity contribution in [3.8, 4) is 5.75 Å². The van der Waals surface area contributed by atoms with Crippen LogP contribution in [0.4, 0.5) is 0 Å². The van der Waals surface area contributed by atoms with E-state index in [1.54, 1.807) is 43.3 Å². The van der Waals surface area contributed by atoms with Gasteiger partial charge in [-0.3, -0.25) is 0 Å². The van der Waals surface area contributed by atoms with Crippen molar-refractivity contribution in [3.05, 3.63) is 54.1 Å². The van der Waals surface area contributed by atoms with Crippen molar-refractivity contribution in [3.63, 3.8) is 0 Å². The zero-order chi connectivity index (χ0) is 18.9. The maximum atomic E-state index is 13.0. The molecular weight excluding hydrogens is 374 g/mol.